The Labute approximate surface area is 193 Å². The Bertz CT molecular complexity index is 1470. The topological polar surface area (TPSA) is 21.3 Å². The number of rotatable bonds is 2. The van der Waals surface area contributed by atoms with E-state index in [1.54, 1.807) is 0 Å². The molecule has 0 aromatic heterocycles. The zero-order chi connectivity index (χ0) is 21.8. The molecule has 1 aliphatic carbocycles. The van der Waals surface area contributed by atoms with E-state index in [4.69, 9.17) is 4.74 Å². The maximum Gasteiger partial charge on any atom is 0.132 e. The first kappa shape index (κ1) is 18.3. The van der Waals surface area contributed by atoms with Crippen molar-refractivity contribution in [1.82, 2.24) is 0 Å². The smallest absolute Gasteiger partial charge is 0.132 e. The minimum atomic E-state index is -0.425. The summed E-state index contributed by atoms with van der Waals surface area (Å²) in [6.45, 7) is 0. The minimum Gasteiger partial charge on any atom is -0.457 e. The third kappa shape index (κ3) is 2.49. The molecule has 0 atom stereocenters. The maximum atomic E-state index is 6.47. The van der Waals surface area contributed by atoms with Gasteiger partial charge in [0.25, 0.3) is 0 Å². The Kier molecular flexibility index (Phi) is 3.80. The molecule has 2 heteroatoms. The van der Waals surface area contributed by atoms with Crippen LogP contribution in [0.25, 0.3) is 11.1 Å². The molecule has 0 bridgehead atoms. The van der Waals surface area contributed by atoms with Crippen molar-refractivity contribution in [2.75, 3.05) is 5.32 Å². The lowest BCUT2D eigenvalue weighted by atomic mass is 9.66. The predicted molar refractivity (Wildman–Crippen MR) is 134 cm³/mol. The van der Waals surface area contributed by atoms with Crippen LogP contribution in [0.1, 0.15) is 22.3 Å². The van der Waals surface area contributed by atoms with Crippen molar-refractivity contribution in [1.29, 1.82) is 0 Å². The first-order valence-electron chi connectivity index (χ1n) is 11.3. The molecule has 0 radical (unpaired) electrons. The maximum absolute atomic E-state index is 6.47. The van der Waals surface area contributed by atoms with E-state index in [0.29, 0.717) is 0 Å². The monoisotopic (exact) mass is 423 g/mol. The molecular weight excluding hydrogens is 402 g/mol. The van der Waals surface area contributed by atoms with E-state index in [0.717, 1.165) is 22.9 Å². The number of hydrogen-bond acceptors (Lipinski definition) is 2. The molecule has 156 valence electrons. The van der Waals surface area contributed by atoms with E-state index in [1.165, 1.54) is 33.4 Å². The van der Waals surface area contributed by atoms with Gasteiger partial charge in [-0.3, -0.25) is 0 Å². The second-order valence-corrected chi connectivity index (χ2v) is 8.64. The number of anilines is 2. The quantitative estimate of drug-likeness (QED) is 0.305. The summed E-state index contributed by atoms with van der Waals surface area (Å²) >= 11 is 0. The average Bonchev–Trinajstić information content (AvgIpc) is 3.17. The molecule has 1 heterocycles. The van der Waals surface area contributed by atoms with Gasteiger partial charge in [0.15, 0.2) is 0 Å². The lowest BCUT2D eigenvalue weighted by molar-refractivity contribution is 0.436. The van der Waals surface area contributed by atoms with E-state index < -0.39 is 5.41 Å². The van der Waals surface area contributed by atoms with E-state index in [1.807, 2.05) is 18.2 Å². The zero-order valence-corrected chi connectivity index (χ0v) is 18.0. The SMILES string of the molecule is c1ccc(Nc2ccc3c(c2)C2(c4ccccc4O3)c3ccccc3-c3ccccc32)cc1. The second-order valence-electron chi connectivity index (χ2n) is 8.64. The van der Waals surface area contributed by atoms with Crippen LogP contribution in [-0.4, -0.2) is 0 Å². The summed E-state index contributed by atoms with van der Waals surface area (Å²) in [6.07, 6.45) is 0. The molecule has 0 saturated carbocycles. The van der Waals surface area contributed by atoms with Gasteiger partial charge >= 0.3 is 0 Å². The van der Waals surface area contributed by atoms with Crippen molar-refractivity contribution < 1.29 is 4.74 Å². The van der Waals surface area contributed by atoms with Crippen LogP contribution >= 0.6 is 0 Å². The Morgan fingerprint density at radius 1 is 0.455 bits per heavy atom. The van der Waals surface area contributed by atoms with Crippen LogP contribution in [-0.2, 0) is 5.41 Å². The standard InChI is InChI=1S/C31H21NO/c1-2-10-21(11-3-1)32-22-18-19-30-28(20-22)31(27-16-8-9-17-29(27)33-30)25-14-6-4-12-23(25)24-13-5-7-15-26(24)31/h1-20,32H. The fourth-order valence-corrected chi connectivity index (χ4v) is 5.62. The molecule has 0 saturated heterocycles. The van der Waals surface area contributed by atoms with Crippen molar-refractivity contribution in [2.24, 2.45) is 0 Å². The van der Waals surface area contributed by atoms with Crippen LogP contribution in [0.3, 0.4) is 0 Å². The number of para-hydroxylation sites is 2. The molecule has 2 nitrogen and oxygen atoms in total. The first-order chi connectivity index (χ1) is 16.4. The Balaban J connectivity index is 1.55. The normalized spacial score (nSPS) is 13.9. The molecule has 1 N–H and O–H groups in total. The number of fused-ring (bicyclic) bond motifs is 9. The van der Waals surface area contributed by atoms with Crippen LogP contribution in [0, 0.1) is 0 Å². The van der Waals surface area contributed by atoms with Crippen LogP contribution in [0.15, 0.2) is 121 Å². The third-order valence-corrected chi connectivity index (χ3v) is 6.91. The molecule has 5 aromatic carbocycles. The van der Waals surface area contributed by atoms with Crippen LogP contribution in [0.5, 0.6) is 11.5 Å². The summed E-state index contributed by atoms with van der Waals surface area (Å²) in [4.78, 5) is 0. The van der Waals surface area contributed by atoms with Gasteiger partial charge in [0.05, 0.1) is 5.41 Å². The lowest BCUT2D eigenvalue weighted by Gasteiger charge is -2.39. The van der Waals surface area contributed by atoms with E-state index in [-0.39, 0.29) is 0 Å². The minimum absolute atomic E-state index is 0.425. The molecule has 2 aliphatic rings. The molecular formula is C31H21NO. The zero-order valence-electron chi connectivity index (χ0n) is 18.0. The second kappa shape index (κ2) is 6.85. The summed E-state index contributed by atoms with van der Waals surface area (Å²) in [5.74, 6) is 1.82. The van der Waals surface area contributed by atoms with Gasteiger partial charge in [-0.2, -0.15) is 0 Å². The number of benzene rings is 5. The molecule has 7 rings (SSSR count). The summed E-state index contributed by atoms with van der Waals surface area (Å²) in [5.41, 5.74) is 9.23. The van der Waals surface area contributed by atoms with Gasteiger partial charge in [-0.1, -0.05) is 84.9 Å². The van der Waals surface area contributed by atoms with Gasteiger partial charge in [0, 0.05) is 22.5 Å². The molecule has 33 heavy (non-hydrogen) atoms. The van der Waals surface area contributed by atoms with E-state index in [9.17, 15) is 0 Å². The summed E-state index contributed by atoms with van der Waals surface area (Å²) < 4.78 is 6.47. The largest absolute Gasteiger partial charge is 0.457 e. The highest BCUT2D eigenvalue weighted by atomic mass is 16.5. The Morgan fingerprint density at radius 2 is 1.03 bits per heavy atom. The molecule has 0 unspecified atom stereocenters. The number of nitrogens with one attached hydrogen (secondary N) is 1. The van der Waals surface area contributed by atoms with Crippen molar-refractivity contribution in [3.8, 4) is 22.6 Å². The number of ether oxygens (including phenoxy) is 1. The molecule has 5 aromatic rings. The van der Waals surface area contributed by atoms with Gasteiger partial charge < -0.3 is 10.1 Å². The van der Waals surface area contributed by atoms with Gasteiger partial charge in [-0.05, 0) is 58.7 Å². The lowest BCUT2D eigenvalue weighted by Crippen LogP contribution is -2.32. The Hall–Kier alpha value is -4.30. The van der Waals surface area contributed by atoms with E-state index in [2.05, 4.69) is 108 Å². The molecule has 1 spiro atoms. The predicted octanol–water partition coefficient (Wildman–Crippen LogP) is 7.90. The summed E-state index contributed by atoms with van der Waals surface area (Å²) in [7, 11) is 0. The summed E-state index contributed by atoms with van der Waals surface area (Å²) in [6, 6.07) is 42.8. The highest BCUT2D eigenvalue weighted by Crippen LogP contribution is 2.62. The van der Waals surface area contributed by atoms with Gasteiger partial charge in [0.2, 0.25) is 0 Å². The first-order valence-corrected chi connectivity index (χ1v) is 11.3. The van der Waals surface area contributed by atoms with Crippen molar-refractivity contribution in [3.63, 3.8) is 0 Å². The fraction of sp³-hybridized carbons (Fsp3) is 0.0323. The van der Waals surface area contributed by atoms with Crippen LogP contribution in [0.2, 0.25) is 0 Å². The molecule has 0 amide bonds. The molecule has 0 fully saturated rings. The van der Waals surface area contributed by atoms with Gasteiger partial charge in [-0.25, -0.2) is 0 Å². The molecule has 1 aliphatic heterocycles. The fourth-order valence-electron chi connectivity index (χ4n) is 5.62. The van der Waals surface area contributed by atoms with Gasteiger partial charge in [-0.15, -0.1) is 0 Å². The summed E-state index contributed by atoms with van der Waals surface area (Å²) in [5, 5.41) is 3.58. The van der Waals surface area contributed by atoms with Crippen LogP contribution < -0.4 is 10.1 Å². The van der Waals surface area contributed by atoms with Crippen molar-refractivity contribution in [3.05, 3.63) is 144 Å². The van der Waals surface area contributed by atoms with E-state index >= 15 is 0 Å². The highest BCUT2D eigenvalue weighted by molar-refractivity contribution is 5.88. The van der Waals surface area contributed by atoms with Gasteiger partial charge in [0.1, 0.15) is 11.5 Å². The van der Waals surface area contributed by atoms with Crippen molar-refractivity contribution >= 4 is 11.4 Å². The van der Waals surface area contributed by atoms with Crippen LogP contribution in [0.4, 0.5) is 11.4 Å². The van der Waals surface area contributed by atoms with Crippen molar-refractivity contribution in [2.45, 2.75) is 5.41 Å². The third-order valence-electron chi connectivity index (χ3n) is 6.91. The number of hydrogen-bond donors (Lipinski definition) is 1. The highest BCUT2D eigenvalue weighted by Gasteiger charge is 2.50. The Morgan fingerprint density at radius 3 is 1.76 bits per heavy atom. The average molecular weight is 424 g/mol.